The minimum Gasteiger partial charge on any atom is -0.459 e. The minimum atomic E-state index is -0.292. The topological polar surface area (TPSA) is 59.5 Å². The third-order valence-electron chi connectivity index (χ3n) is 4.62. The summed E-state index contributed by atoms with van der Waals surface area (Å²) >= 11 is 1.54. The molecule has 0 unspecified atom stereocenters. The zero-order valence-corrected chi connectivity index (χ0v) is 16.2. The maximum absolute atomic E-state index is 12.1. The predicted octanol–water partition coefficient (Wildman–Crippen LogP) is 4.22. The van der Waals surface area contributed by atoms with Crippen molar-refractivity contribution in [3.63, 3.8) is 0 Å². The quantitative estimate of drug-likeness (QED) is 0.589. The standard InChI is InChI=1S/C22H20N2O3S/c25-20-7-4-12-24(20)19-10-8-16(9-11-19)13-21(26)27-14-18-15-28-22(23-18)17-5-2-1-3-6-17/h1-3,5-6,8-11,15H,4,7,12-14H2. The molecule has 1 aromatic heterocycles. The van der Waals surface area contributed by atoms with Crippen molar-refractivity contribution in [2.45, 2.75) is 25.9 Å². The summed E-state index contributed by atoms with van der Waals surface area (Å²) in [5.41, 5.74) is 3.56. The van der Waals surface area contributed by atoms with E-state index in [2.05, 4.69) is 4.98 Å². The second-order valence-corrected chi connectivity index (χ2v) is 7.52. The largest absolute Gasteiger partial charge is 0.459 e. The highest BCUT2D eigenvalue weighted by Gasteiger charge is 2.21. The Morgan fingerprint density at radius 1 is 1.11 bits per heavy atom. The summed E-state index contributed by atoms with van der Waals surface area (Å²) in [6, 6.07) is 17.5. The Morgan fingerprint density at radius 3 is 2.61 bits per heavy atom. The highest BCUT2D eigenvalue weighted by atomic mass is 32.1. The molecular weight excluding hydrogens is 372 g/mol. The minimum absolute atomic E-state index is 0.158. The predicted molar refractivity (Wildman–Crippen MR) is 109 cm³/mol. The average molecular weight is 392 g/mol. The summed E-state index contributed by atoms with van der Waals surface area (Å²) in [6.45, 7) is 0.932. The van der Waals surface area contributed by atoms with Gasteiger partial charge in [0.1, 0.15) is 11.6 Å². The number of aromatic nitrogens is 1. The zero-order valence-electron chi connectivity index (χ0n) is 15.3. The molecule has 0 atom stereocenters. The molecule has 1 fully saturated rings. The monoisotopic (exact) mass is 392 g/mol. The van der Waals surface area contributed by atoms with E-state index in [9.17, 15) is 9.59 Å². The fraction of sp³-hybridized carbons (Fsp3) is 0.227. The van der Waals surface area contributed by atoms with E-state index in [-0.39, 0.29) is 24.9 Å². The van der Waals surface area contributed by atoms with Crippen LogP contribution in [-0.4, -0.2) is 23.4 Å². The molecular formula is C22H20N2O3S. The molecule has 0 radical (unpaired) electrons. The van der Waals surface area contributed by atoms with Gasteiger partial charge in [0.15, 0.2) is 0 Å². The van der Waals surface area contributed by atoms with Crippen molar-refractivity contribution in [2.24, 2.45) is 0 Å². The van der Waals surface area contributed by atoms with Gasteiger partial charge in [0.25, 0.3) is 0 Å². The van der Waals surface area contributed by atoms with Crippen LogP contribution in [0.1, 0.15) is 24.1 Å². The number of carbonyl (C=O) groups is 2. The summed E-state index contributed by atoms with van der Waals surface area (Å²) < 4.78 is 5.37. The van der Waals surface area contributed by atoms with E-state index in [4.69, 9.17) is 4.74 Å². The molecule has 3 aromatic rings. The van der Waals surface area contributed by atoms with Crippen LogP contribution in [0.5, 0.6) is 0 Å². The molecule has 0 N–H and O–H groups in total. The molecule has 1 aliphatic rings. The number of ether oxygens (including phenoxy) is 1. The highest BCUT2D eigenvalue weighted by Crippen LogP contribution is 2.24. The van der Waals surface area contributed by atoms with Crippen molar-refractivity contribution in [2.75, 3.05) is 11.4 Å². The van der Waals surface area contributed by atoms with Crippen LogP contribution in [0.25, 0.3) is 10.6 Å². The number of benzene rings is 2. The summed E-state index contributed by atoms with van der Waals surface area (Å²) in [6.07, 6.45) is 1.70. The zero-order chi connectivity index (χ0) is 19.3. The van der Waals surface area contributed by atoms with E-state index >= 15 is 0 Å². The van der Waals surface area contributed by atoms with E-state index in [1.54, 1.807) is 4.90 Å². The lowest BCUT2D eigenvalue weighted by molar-refractivity contribution is -0.144. The molecule has 2 aromatic carbocycles. The summed E-state index contributed by atoms with van der Waals surface area (Å²) in [7, 11) is 0. The summed E-state index contributed by atoms with van der Waals surface area (Å²) in [4.78, 5) is 30.3. The van der Waals surface area contributed by atoms with Gasteiger partial charge >= 0.3 is 5.97 Å². The van der Waals surface area contributed by atoms with Crippen LogP contribution in [0, 0.1) is 0 Å². The first kappa shape index (κ1) is 18.4. The normalized spacial score (nSPS) is 13.7. The number of amides is 1. The molecule has 5 nitrogen and oxygen atoms in total. The van der Waals surface area contributed by atoms with Crippen LogP contribution >= 0.6 is 11.3 Å². The number of rotatable bonds is 6. The van der Waals surface area contributed by atoms with Gasteiger partial charge in [-0.3, -0.25) is 9.59 Å². The molecule has 142 valence electrons. The fourth-order valence-corrected chi connectivity index (χ4v) is 3.98. The van der Waals surface area contributed by atoms with E-state index < -0.39 is 0 Å². The highest BCUT2D eigenvalue weighted by molar-refractivity contribution is 7.13. The van der Waals surface area contributed by atoms with Crippen LogP contribution in [-0.2, 0) is 27.4 Å². The third-order valence-corrected chi connectivity index (χ3v) is 5.56. The van der Waals surface area contributed by atoms with Crippen molar-refractivity contribution in [1.29, 1.82) is 0 Å². The molecule has 1 saturated heterocycles. The van der Waals surface area contributed by atoms with Crippen molar-refractivity contribution < 1.29 is 14.3 Å². The molecule has 0 saturated carbocycles. The maximum Gasteiger partial charge on any atom is 0.310 e. The van der Waals surface area contributed by atoms with E-state index in [1.165, 1.54) is 11.3 Å². The SMILES string of the molecule is O=C(Cc1ccc(N2CCCC2=O)cc1)OCc1csc(-c2ccccc2)n1. The molecule has 0 aliphatic carbocycles. The Balaban J connectivity index is 1.30. The van der Waals surface area contributed by atoms with Gasteiger partial charge in [-0.15, -0.1) is 11.3 Å². The summed E-state index contributed by atoms with van der Waals surface area (Å²) in [5, 5.41) is 2.83. The number of thiazole rings is 1. The average Bonchev–Trinajstić information content (AvgIpc) is 3.37. The van der Waals surface area contributed by atoms with Gasteiger partial charge < -0.3 is 9.64 Å². The number of nitrogens with zero attached hydrogens (tertiary/aromatic N) is 2. The van der Waals surface area contributed by atoms with E-state index in [0.717, 1.165) is 40.5 Å². The molecule has 2 heterocycles. The van der Waals surface area contributed by atoms with Gasteiger partial charge in [0.2, 0.25) is 5.91 Å². The first-order valence-electron chi connectivity index (χ1n) is 9.24. The molecule has 1 amide bonds. The van der Waals surface area contributed by atoms with Crippen molar-refractivity contribution >= 4 is 28.9 Å². The Morgan fingerprint density at radius 2 is 1.89 bits per heavy atom. The lowest BCUT2D eigenvalue weighted by Crippen LogP contribution is -2.23. The van der Waals surface area contributed by atoms with Crippen molar-refractivity contribution in [1.82, 2.24) is 4.98 Å². The molecule has 0 spiro atoms. The Kier molecular flexibility index (Phi) is 5.48. The van der Waals surface area contributed by atoms with Gasteiger partial charge in [-0.05, 0) is 24.1 Å². The van der Waals surface area contributed by atoms with Gasteiger partial charge in [-0.25, -0.2) is 4.98 Å². The second kappa shape index (κ2) is 8.35. The lowest BCUT2D eigenvalue weighted by atomic mass is 10.1. The smallest absolute Gasteiger partial charge is 0.310 e. The maximum atomic E-state index is 12.1. The Bertz CT molecular complexity index is 967. The van der Waals surface area contributed by atoms with Gasteiger partial charge in [-0.2, -0.15) is 0 Å². The first-order chi connectivity index (χ1) is 13.7. The number of anilines is 1. The molecule has 6 heteroatoms. The van der Waals surface area contributed by atoms with Crippen LogP contribution in [0.15, 0.2) is 60.0 Å². The van der Waals surface area contributed by atoms with Crippen LogP contribution < -0.4 is 4.90 Å². The number of hydrogen-bond acceptors (Lipinski definition) is 5. The van der Waals surface area contributed by atoms with Gasteiger partial charge in [0, 0.05) is 29.6 Å². The Hall–Kier alpha value is -2.99. The third kappa shape index (κ3) is 4.28. The first-order valence-corrected chi connectivity index (χ1v) is 10.1. The fourth-order valence-electron chi connectivity index (χ4n) is 3.17. The Labute approximate surface area is 167 Å². The van der Waals surface area contributed by atoms with E-state index in [1.807, 2.05) is 60.0 Å². The van der Waals surface area contributed by atoms with Gasteiger partial charge in [0.05, 0.1) is 12.1 Å². The summed E-state index contributed by atoms with van der Waals surface area (Å²) in [5.74, 6) is -0.135. The van der Waals surface area contributed by atoms with Crippen LogP contribution in [0.3, 0.4) is 0 Å². The van der Waals surface area contributed by atoms with Crippen molar-refractivity contribution in [3.05, 3.63) is 71.2 Å². The van der Waals surface area contributed by atoms with Gasteiger partial charge in [-0.1, -0.05) is 42.5 Å². The number of esters is 1. The number of carbonyl (C=O) groups excluding carboxylic acids is 2. The van der Waals surface area contributed by atoms with Crippen molar-refractivity contribution in [3.8, 4) is 10.6 Å². The van der Waals surface area contributed by atoms with Crippen LogP contribution in [0.2, 0.25) is 0 Å². The second-order valence-electron chi connectivity index (χ2n) is 6.66. The molecule has 4 rings (SSSR count). The molecule has 1 aliphatic heterocycles. The molecule has 28 heavy (non-hydrogen) atoms. The molecule has 0 bridgehead atoms. The number of hydrogen-bond donors (Lipinski definition) is 0. The van der Waals surface area contributed by atoms with Crippen LogP contribution in [0.4, 0.5) is 5.69 Å². The van der Waals surface area contributed by atoms with E-state index in [0.29, 0.717) is 6.42 Å². The lowest BCUT2D eigenvalue weighted by Gasteiger charge is -2.15.